The number of likely N-dealkylation sites (N-methyl/N-ethyl adjacent to an activating group) is 1. The Morgan fingerprint density at radius 3 is 2.00 bits per heavy atom. The van der Waals surface area contributed by atoms with Crippen LogP contribution < -0.4 is 4.89 Å². The van der Waals surface area contributed by atoms with Crippen molar-refractivity contribution in [3.63, 3.8) is 0 Å². The Kier molecular flexibility index (Phi) is 29.3. The minimum atomic E-state index is -4.68. The summed E-state index contributed by atoms with van der Waals surface area (Å²) >= 11 is 0. The van der Waals surface area contributed by atoms with Crippen LogP contribution in [0.5, 0.6) is 0 Å². The van der Waals surface area contributed by atoms with Gasteiger partial charge in [-0.05, 0) is 38.0 Å². The highest BCUT2D eigenvalue weighted by Crippen LogP contribution is 2.38. The van der Waals surface area contributed by atoms with Gasteiger partial charge in [-0.1, -0.05) is 128 Å². The standard InChI is InChI=1S/C43H80NO11P/c1-6-8-10-11-12-13-14-15-16-17-18-24-28-43(49)55-37(35-54-56(50,51)53-32-31-44(3,4)5)34-52-42(48)27-23-20-19-22-26-38-39(41(47)33-40(38)46)30-29-36(45)25-21-9-7-2/h19,22,29-30,36-41,45-47H,6-18,20-21,23-28,31-35H2,1-5H3/b22-19+,30-29+/t36-,37+,38+,39+,40-,41+/m0/s1. The molecular weight excluding hydrogens is 737 g/mol. The highest BCUT2D eigenvalue weighted by molar-refractivity contribution is 7.45. The van der Waals surface area contributed by atoms with E-state index in [-0.39, 0.29) is 37.9 Å². The number of hydrogen-bond donors (Lipinski definition) is 3. The van der Waals surface area contributed by atoms with Crippen molar-refractivity contribution in [1.29, 1.82) is 0 Å². The van der Waals surface area contributed by atoms with Gasteiger partial charge in [0.05, 0.1) is 46.1 Å². The molecule has 56 heavy (non-hydrogen) atoms. The van der Waals surface area contributed by atoms with Crippen molar-refractivity contribution in [2.24, 2.45) is 11.8 Å². The number of aliphatic hydroxyl groups is 3. The fourth-order valence-electron chi connectivity index (χ4n) is 6.77. The number of unbranched alkanes of at least 4 members (excludes halogenated alkanes) is 14. The third kappa shape index (κ3) is 27.9. The van der Waals surface area contributed by atoms with Crippen LogP contribution in [0.3, 0.4) is 0 Å². The van der Waals surface area contributed by atoms with Crippen LogP contribution in [0.1, 0.15) is 155 Å². The molecule has 7 atom stereocenters. The summed E-state index contributed by atoms with van der Waals surface area (Å²) in [6, 6.07) is 0. The molecule has 1 fully saturated rings. The van der Waals surface area contributed by atoms with E-state index in [1.54, 1.807) is 6.08 Å². The van der Waals surface area contributed by atoms with Gasteiger partial charge in [-0.3, -0.25) is 14.2 Å². The Bertz CT molecular complexity index is 1130. The van der Waals surface area contributed by atoms with Crippen LogP contribution in [0.4, 0.5) is 0 Å². The van der Waals surface area contributed by atoms with Crippen molar-refractivity contribution in [3.8, 4) is 0 Å². The number of rotatable bonds is 35. The van der Waals surface area contributed by atoms with Gasteiger partial charge in [0.1, 0.15) is 19.8 Å². The van der Waals surface area contributed by atoms with Gasteiger partial charge < -0.3 is 43.2 Å². The molecule has 0 heterocycles. The lowest BCUT2D eigenvalue weighted by molar-refractivity contribution is -0.870. The van der Waals surface area contributed by atoms with Gasteiger partial charge in [0.25, 0.3) is 7.82 Å². The zero-order valence-electron chi connectivity index (χ0n) is 35.7. The number of carbonyl (C=O) groups excluding carboxylic acids is 2. The molecule has 0 aliphatic heterocycles. The number of hydrogen-bond acceptors (Lipinski definition) is 11. The second-order valence-electron chi connectivity index (χ2n) is 16.7. The van der Waals surface area contributed by atoms with Gasteiger partial charge >= 0.3 is 11.9 Å². The van der Waals surface area contributed by atoms with Crippen LogP contribution >= 0.6 is 7.82 Å². The van der Waals surface area contributed by atoms with Crippen molar-refractivity contribution in [2.75, 3.05) is 47.5 Å². The van der Waals surface area contributed by atoms with Crippen molar-refractivity contribution >= 4 is 19.8 Å². The van der Waals surface area contributed by atoms with Crippen LogP contribution in [-0.2, 0) is 32.7 Å². The molecule has 0 bridgehead atoms. The fourth-order valence-corrected chi connectivity index (χ4v) is 7.49. The van der Waals surface area contributed by atoms with Gasteiger partial charge in [-0.15, -0.1) is 0 Å². The lowest BCUT2D eigenvalue weighted by Gasteiger charge is -2.28. The Morgan fingerprint density at radius 1 is 0.786 bits per heavy atom. The maximum absolute atomic E-state index is 12.7. The molecule has 1 saturated carbocycles. The van der Waals surface area contributed by atoms with Crippen LogP contribution in [0, 0.1) is 11.8 Å². The first-order valence-corrected chi connectivity index (χ1v) is 23.3. The molecule has 0 aromatic carbocycles. The average molecular weight is 818 g/mol. The zero-order valence-corrected chi connectivity index (χ0v) is 36.6. The number of esters is 2. The third-order valence-electron chi connectivity index (χ3n) is 10.3. The van der Waals surface area contributed by atoms with E-state index in [9.17, 15) is 34.4 Å². The molecule has 0 amide bonds. The predicted octanol–water partition coefficient (Wildman–Crippen LogP) is 7.71. The summed E-state index contributed by atoms with van der Waals surface area (Å²) in [6.45, 7) is 3.84. The van der Waals surface area contributed by atoms with Gasteiger partial charge in [0.2, 0.25) is 0 Å². The first kappa shape index (κ1) is 52.4. The smallest absolute Gasteiger partial charge is 0.306 e. The van der Waals surface area contributed by atoms with Crippen LogP contribution in [-0.4, -0.2) is 104 Å². The lowest BCUT2D eigenvalue weighted by atomic mass is 9.89. The summed E-state index contributed by atoms with van der Waals surface area (Å²) in [6.07, 6.45) is 24.4. The highest BCUT2D eigenvalue weighted by Gasteiger charge is 2.39. The van der Waals surface area contributed by atoms with E-state index in [2.05, 4.69) is 13.8 Å². The molecular formula is C43H80NO11P. The molecule has 1 rings (SSSR count). The SMILES string of the molecule is CCCCCCCCCCCCCCC(=O)O[C@H](COC(=O)CCC/C=C/C[C@@H]1[C@@H](/C=C/[C@@H](O)CCCCC)[C@H](O)C[C@@H]1O)COP(=O)([O-])OCC[N+](C)(C)C. The van der Waals surface area contributed by atoms with Crippen molar-refractivity contribution < 1.29 is 57.4 Å². The fraction of sp³-hybridized carbons (Fsp3) is 0.860. The first-order valence-electron chi connectivity index (χ1n) is 21.8. The quantitative estimate of drug-likeness (QED) is 0.0188. The molecule has 0 aromatic rings. The number of ether oxygens (including phenoxy) is 2. The van der Waals surface area contributed by atoms with Crippen molar-refractivity contribution in [2.45, 2.75) is 180 Å². The number of nitrogens with zero attached hydrogens (tertiary/aromatic N) is 1. The van der Waals surface area contributed by atoms with Crippen LogP contribution in [0.2, 0.25) is 0 Å². The molecule has 1 unspecified atom stereocenters. The van der Waals surface area contributed by atoms with E-state index in [1.807, 2.05) is 39.4 Å². The maximum atomic E-state index is 12.7. The third-order valence-corrected chi connectivity index (χ3v) is 11.3. The number of allylic oxidation sites excluding steroid dienone is 2. The highest BCUT2D eigenvalue weighted by atomic mass is 31.2. The molecule has 1 aliphatic carbocycles. The lowest BCUT2D eigenvalue weighted by Crippen LogP contribution is -2.37. The van der Waals surface area contributed by atoms with E-state index >= 15 is 0 Å². The van der Waals surface area contributed by atoms with Gasteiger partial charge in [0, 0.05) is 25.2 Å². The molecule has 3 N–H and O–H groups in total. The number of phosphoric acid groups is 1. The Labute approximate surface area is 339 Å². The maximum Gasteiger partial charge on any atom is 0.306 e. The second-order valence-corrected chi connectivity index (χ2v) is 18.1. The van der Waals surface area contributed by atoms with Crippen LogP contribution in [0.15, 0.2) is 24.3 Å². The molecule has 12 nitrogen and oxygen atoms in total. The second kappa shape index (κ2) is 31.3. The molecule has 328 valence electrons. The minimum Gasteiger partial charge on any atom is -0.756 e. The normalized spacial score (nSPS) is 21.1. The summed E-state index contributed by atoms with van der Waals surface area (Å²) < 4.78 is 33.8. The number of aliphatic hydroxyl groups excluding tert-OH is 3. The van der Waals surface area contributed by atoms with Gasteiger partial charge in [0.15, 0.2) is 6.10 Å². The number of carbonyl (C=O) groups is 2. The number of phosphoric ester groups is 1. The molecule has 0 spiro atoms. The van der Waals surface area contributed by atoms with E-state index in [0.717, 1.165) is 38.5 Å². The molecule has 13 heteroatoms. The van der Waals surface area contributed by atoms with Gasteiger partial charge in [-0.2, -0.15) is 0 Å². The molecule has 0 saturated heterocycles. The first-order chi connectivity index (χ1) is 26.7. The molecule has 0 radical (unpaired) electrons. The zero-order chi connectivity index (χ0) is 41.7. The summed E-state index contributed by atoms with van der Waals surface area (Å²) in [4.78, 5) is 37.7. The van der Waals surface area contributed by atoms with Crippen molar-refractivity contribution in [3.05, 3.63) is 24.3 Å². The topological polar surface area (TPSA) is 172 Å². The van der Waals surface area contributed by atoms with Gasteiger partial charge in [-0.25, -0.2) is 0 Å². The summed E-state index contributed by atoms with van der Waals surface area (Å²) in [5, 5.41) is 31.3. The van der Waals surface area contributed by atoms with Crippen LogP contribution in [0.25, 0.3) is 0 Å². The largest absolute Gasteiger partial charge is 0.756 e. The molecule has 0 aromatic heterocycles. The Hall–Kier alpha value is -1.63. The van der Waals surface area contributed by atoms with E-state index in [0.29, 0.717) is 49.6 Å². The van der Waals surface area contributed by atoms with Crippen molar-refractivity contribution in [1.82, 2.24) is 0 Å². The minimum absolute atomic E-state index is 0.0682. The Balaban J connectivity index is 2.52. The predicted molar refractivity (Wildman–Crippen MR) is 219 cm³/mol. The van der Waals surface area contributed by atoms with E-state index in [1.165, 1.54) is 51.4 Å². The average Bonchev–Trinajstić information content (AvgIpc) is 3.40. The number of quaternary nitrogens is 1. The van der Waals surface area contributed by atoms with E-state index < -0.39 is 50.8 Å². The molecule has 1 aliphatic rings. The Morgan fingerprint density at radius 2 is 1.38 bits per heavy atom. The summed E-state index contributed by atoms with van der Waals surface area (Å²) in [5.74, 6) is -1.42. The summed E-state index contributed by atoms with van der Waals surface area (Å²) in [7, 11) is 1.04. The van der Waals surface area contributed by atoms with E-state index in [4.69, 9.17) is 18.5 Å². The monoisotopic (exact) mass is 818 g/mol. The summed E-state index contributed by atoms with van der Waals surface area (Å²) in [5.41, 5.74) is 0.